The molecule has 1 aliphatic carbocycles. The minimum absolute atomic E-state index is 0.197. The van der Waals surface area contributed by atoms with E-state index in [-0.39, 0.29) is 17.3 Å². The van der Waals surface area contributed by atoms with Gasteiger partial charge in [0.05, 0.1) is 6.04 Å². The average molecular weight is 592 g/mol. The van der Waals surface area contributed by atoms with Crippen LogP contribution in [0.2, 0.25) is 0 Å². The molecule has 1 fully saturated rings. The number of Topliss-reactive ketones (excluding diaryl/α,β-unsaturated/α-hetero) is 3. The topological polar surface area (TPSA) is 54.5 Å². The number of hydrogen-bond donors (Lipinski definition) is 0. The summed E-state index contributed by atoms with van der Waals surface area (Å²) in [7, 11) is 0. The number of anilines is 1. The molecule has 7 rings (SSSR count). The molecule has 0 saturated carbocycles. The van der Waals surface area contributed by atoms with Crippen molar-refractivity contribution in [2.45, 2.75) is 24.9 Å². The zero-order valence-corrected chi connectivity index (χ0v) is 23.1. The summed E-state index contributed by atoms with van der Waals surface area (Å²) >= 11 is 3.49. The van der Waals surface area contributed by atoms with Crippen molar-refractivity contribution in [2.75, 3.05) is 4.90 Å². The Bertz CT molecular complexity index is 1720. The van der Waals surface area contributed by atoms with Crippen LogP contribution < -0.4 is 4.90 Å². The first-order valence-electron chi connectivity index (χ1n) is 13.1. The van der Waals surface area contributed by atoms with Crippen molar-refractivity contribution < 1.29 is 18.8 Å². The van der Waals surface area contributed by atoms with Crippen LogP contribution in [0, 0.1) is 18.2 Å². The summed E-state index contributed by atoms with van der Waals surface area (Å²) in [6.07, 6.45) is 3.57. The number of halogens is 2. The number of rotatable bonds is 3. The maximum Gasteiger partial charge on any atom is 0.185 e. The molecule has 3 aliphatic rings. The van der Waals surface area contributed by atoms with Crippen LogP contribution in [0.5, 0.6) is 0 Å². The van der Waals surface area contributed by atoms with E-state index < -0.39 is 29.2 Å². The van der Waals surface area contributed by atoms with Crippen molar-refractivity contribution in [1.82, 2.24) is 0 Å². The maximum absolute atomic E-state index is 14.6. The van der Waals surface area contributed by atoms with Gasteiger partial charge in [0, 0.05) is 38.3 Å². The molecule has 3 atom stereocenters. The highest BCUT2D eigenvalue weighted by Gasteiger charge is 2.71. The first-order valence-corrected chi connectivity index (χ1v) is 13.9. The molecule has 1 spiro atoms. The molecule has 40 heavy (non-hydrogen) atoms. The summed E-state index contributed by atoms with van der Waals surface area (Å²) in [4.78, 5) is 45.7. The Morgan fingerprint density at radius 1 is 0.875 bits per heavy atom. The summed E-state index contributed by atoms with van der Waals surface area (Å²) in [5, 5.41) is 0. The Morgan fingerprint density at radius 2 is 1.52 bits per heavy atom. The van der Waals surface area contributed by atoms with Gasteiger partial charge >= 0.3 is 0 Å². The lowest BCUT2D eigenvalue weighted by Crippen LogP contribution is -2.48. The third-order valence-corrected chi connectivity index (χ3v) is 9.13. The molecule has 0 radical (unpaired) electrons. The van der Waals surface area contributed by atoms with E-state index >= 15 is 0 Å². The second-order valence-corrected chi connectivity index (χ2v) is 11.6. The predicted octanol–water partition coefficient (Wildman–Crippen LogP) is 7.21. The van der Waals surface area contributed by atoms with Crippen molar-refractivity contribution >= 4 is 45.0 Å². The van der Waals surface area contributed by atoms with E-state index in [4.69, 9.17) is 0 Å². The second-order valence-electron chi connectivity index (χ2n) is 10.7. The van der Waals surface area contributed by atoms with Crippen LogP contribution in [0.15, 0.2) is 102 Å². The molecule has 0 unspecified atom stereocenters. The van der Waals surface area contributed by atoms with E-state index in [2.05, 4.69) is 15.9 Å². The molecular weight excluding hydrogens is 569 g/mol. The number of fused-ring (bicyclic) bond motifs is 5. The molecule has 2 aliphatic heterocycles. The summed E-state index contributed by atoms with van der Waals surface area (Å²) in [5.41, 5.74) is 2.60. The van der Waals surface area contributed by atoms with Crippen LogP contribution in [0.25, 0.3) is 6.08 Å². The molecule has 0 N–H and O–H groups in total. The summed E-state index contributed by atoms with van der Waals surface area (Å²) in [6, 6.07) is 24.5. The Morgan fingerprint density at radius 3 is 2.17 bits per heavy atom. The van der Waals surface area contributed by atoms with Gasteiger partial charge < -0.3 is 4.90 Å². The number of nitrogens with zero attached hydrogens (tertiary/aromatic N) is 1. The van der Waals surface area contributed by atoms with Gasteiger partial charge in [0.25, 0.3) is 0 Å². The SMILES string of the molecule is Cc1ccc(C(=O)[C@@H]2[C@H](c3ccc(Br)cc3)C3(C(=O)c4ccccc4C3=O)[C@H]3C=Cc4cc(F)ccc4N23)cc1. The van der Waals surface area contributed by atoms with Gasteiger partial charge in [0.1, 0.15) is 17.3 Å². The number of aryl methyl sites for hydroxylation is 1. The Kier molecular flexibility index (Phi) is 5.55. The molecule has 1 saturated heterocycles. The van der Waals surface area contributed by atoms with Crippen molar-refractivity contribution in [2.24, 2.45) is 5.41 Å². The monoisotopic (exact) mass is 591 g/mol. The van der Waals surface area contributed by atoms with E-state index in [0.717, 1.165) is 15.6 Å². The van der Waals surface area contributed by atoms with E-state index in [1.165, 1.54) is 12.1 Å². The normalized spacial score (nSPS) is 21.9. The smallest absolute Gasteiger partial charge is 0.185 e. The highest BCUT2D eigenvalue weighted by molar-refractivity contribution is 9.10. The molecular formula is C34H23BrFNO3. The molecule has 2 heterocycles. The fourth-order valence-corrected chi connectivity index (χ4v) is 7.14. The minimum atomic E-state index is -1.58. The van der Waals surface area contributed by atoms with Crippen molar-refractivity contribution in [3.8, 4) is 0 Å². The van der Waals surface area contributed by atoms with Gasteiger partial charge in [0.15, 0.2) is 17.3 Å². The number of hydrogen-bond acceptors (Lipinski definition) is 4. The fraction of sp³-hybridized carbons (Fsp3) is 0.147. The van der Waals surface area contributed by atoms with Gasteiger partial charge in [-0.3, -0.25) is 14.4 Å². The average Bonchev–Trinajstić information content (AvgIpc) is 3.39. The standard InChI is InChI=1S/C34H23BrFNO3/c1-19-6-8-21(9-7-19)31(38)30-29(20-10-13-23(35)14-11-20)34(32(39)25-4-2-3-5-26(25)33(34)40)28-17-12-22-18-24(36)15-16-27(22)37(28)30/h2-18,28-30H,1H3/t28-,29+,30+/m1/s1. The molecule has 4 nitrogen and oxygen atoms in total. The van der Waals surface area contributed by atoms with Crippen molar-refractivity contribution in [3.63, 3.8) is 0 Å². The molecule has 4 aromatic rings. The van der Waals surface area contributed by atoms with Crippen molar-refractivity contribution in [3.05, 3.63) is 141 Å². The van der Waals surface area contributed by atoms with Gasteiger partial charge in [0.2, 0.25) is 0 Å². The fourth-order valence-electron chi connectivity index (χ4n) is 6.88. The molecule has 196 valence electrons. The van der Waals surface area contributed by atoms with Crippen molar-refractivity contribution in [1.29, 1.82) is 0 Å². The lowest BCUT2D eigenvalue weighted by Gasteiger charge is -2.37. The largest absolute Gasteiger partial charge is 0.352 e. The van der Waals surface area contributed by atoms with E-state index in [0.29, 0.717) is 27.9 Å². The lowest BCUT2D eigenvalue weighted by molar-refractivity contribution is 0.0666. The summed E-state index contributed by atoms with van der Waals surface area (Å²) in [6.45, 7) is 1.95. The third kappa shape index (κ3) is 3.32. The molecule has 6 heteroatoms. The van der Waals surface area contributed by atoms with Gasteiger partial charge in [-0.25, -0.2) is 4.39 Å². The summed E-state index contributed by atoms with van der Waals surface area (Å²) in [5.74, 6) is -1.97. The van der Waals surface area contributed by atoms with Gasteiger partial charge in [-0.2, -0.15) is 0 Å². The molecule has 0 amide bonds. The molecule has 0 aromatic heterocycles. The Labute approximate surface area is 239 Å². The minimum Gasteiger partial charge on any atom is -0.352 e. The highest BCUT2D eigenvalue weighted by Crippen LogP contribution is 2.61. The highest BCUT2D eigenvalue weighted by atomic mass is 79.9. The van der Waals surface area contributed by atoms with Crippen LogP contribution >= 0.6 is 15.9 Å². The number of benzene rings is 4. The quantitative estimate of drug-likeness (QED) is 0.186. The van der Waals surface area contributed by atoms with E-state index in [1.807, 2.05) is 48.2 Å². The van der Waals surface area contributed by atoms with Crippen LogP contribution in [-0.2, 0) is 0 Å². The summed E-state index contributed by atoms with van der Waals surface area (Å²) < 4.78 is 15.2. The second kappa shape index (κ2) is 8.93. The number of carbonyl (C=O) groups excluding carboxylic acids is 3. The van der Waals surface area contributed by atoms with Gasteiger partial charge in [-0.15, -0.1) is 0 Å². The van der Waals surface area contributed by atoms with Crippen LogP contribution in [0.1, 0.15) is 53.7 Å². The van der Waals surface area contributed by atoms with Crippen LogP contribution in [0.4, 0.5) is 10.1 Å². The first kappa shape index (κ1) is 24.9. The van der Waals surface area contributed by atoms with Gasteiger partial charge in [-0.05, 0) is 42.8 Å². The number of ketones is 3. The van der Waals surface area contributed by atoms with Gasteiger partial charge in [-0.1, -0.05) is 94.3 Å². The van der Waals surface area contributed by atoms with Crippen LogP contribution in [-0.4, -0.2) is 29.4 Å². The van der Waals surface area contributed by atoms with E-state index in [9.17, 15) is 18.8 Å². The lowest BCUT2D eigenvalue weighted by atomic mass is 9.64. The molecule has 4 aromatic carbocycles. The Hall–Kier alpha value is -4.16. The molecule has 0 bridgehead atoms. The van der Waals surface area contributed by atoms with E-state index in [1.54, 1.807) is 54.6 Å². The van der Waals surface area contributed by atoms with Crippen LogP contribution in [0.3, 0.4) is 0 Å². The number of carbonyl (C=O) groups is 3. The maximum atomic E-state index is 14.6. The zero-order chi connectivity index (χ0) is 27.8. The third-order valence-electron chi connectivity index (χ3n) is 8.60. The predicted molar refractivity (Wildman–Crippen MR) is 155 cm³/mol. The first-order chi connectivity index (χ1) is 19.3. The Balaban J connectivity index is 1.54. The zero-order valence-electron chi connectivity index (χ0n) is 21.5.